The van der Waals surface area contributed by atoms with E-state index in [-0.39, 0.29) is 17.3 Å². The highest BCUT2D eigenvalue weighted by Gasteiger charge is 2.40. The molecule has 2 heterocycles. The second-order valence-corrected chi connectivity index (χ2v) is 11.2. The van der Waals surface area contributed by atoms with Crippen molar-refractivity contribution < 1.29 is 27.5 Å². The Morgan fingerprint density at radius 1 is 0.971 bits per heavy atom. The van der Waals surface area contributed by atoms with Crippen LogP contribution in [0.15, 0.2) is 47.4 Å². The first-order valence-corrected chi connectivity index (χ1v) is 12.6. The van der Waals surface area contributed by atoms with Gasteiger partial charge >= 0.3 is 0 Å². The number of carbonyl (C=O) groups excluding carboxylic acids is 2. The zero-order chi connectivity index (χ0) is 24.5. The van der Waals surface area contributed by atoms with Gasteiger partial charge in [0.2, 0.25) is 21.8 Å². The second kappa shape index (κ2) is 9.27. The second-order valence-electron chi connectivity index (χ2n) is 9.35. The molecular weight excluding hydrogens is 458 g/mol. The van der Waals surface area contributed by atoms with Crippen LogP contribution in [0.1, 0.15) is 33.6 Å². The lowest BCUT2D eigenvalue weighted by Gasteiger charge is -2.25. The Morgan fingerprint density at radius 3 is 2.35 bits per heavy atom. The van der Waals surface area contributed by atoms with Crippen molar-refractivity contribution in [3.05, 3.63) is 42.5 Å². The number of hydrogen-bond acceptors (Lipinski definition) is 6. The standard InChI is InChI=1S/C24H29N3O6S/c1-24(2,3)23(29)26-17-7-4-6-16(14-17)25-22(28)19-8-5-11-27(19)34(30,31)18-9-10-20-21(15-18)33-13-12-32-20/h4,6-7,9-10,14-15,19H,5,8,11-13H2,1-3H3,(H,25,28)(H,26,29)/t19-/m0/s1. The summed E-state index contributed by atoms with van der Waals surface area (Å²) in [7, 11) is -3.92. The van der Waals surface area contributed by atoms with Gasteiger partial charge in [-0.2, -0.15) is 4.31 Å². The molecule has 2 aromatic rings. The Labute approximate surface area is 199 Å². The van der Waals surface area contributed by atoms with E-state index in [4.69, 9.17) is 9.47 Å². The predicted octanol–water partition coefficient (Wildman–Crippen LogP) is 3.23. The number of fused-ring (bicyclic) bond motifs is 1. The summed E-state index contributed by atoms with van der Waals surface area (Å²) in [5.74, 6) is 0.308. The van der Waals surface area contributed by atoms with Crippen molar-refractivity contribution >= 4 is 33.2 Å². The normalized spacial score (nSPS) is 18.4. The Balaban J connectivity index is 1.50. The van der Waals surface area contributed by atoms with Crippen LogP contribution in [0.5, 0.6) is 11.5 Å². The molecule has 1 fully saturated rings. The van der Waals surface area contributed by atoms with Gasteiger partial charge in [-0.1, -0.05) is 26.8 Å². The van der Waals surface area contributed by atoms with Crippen molar-refractivity contribution in [1.82, 2.24) is 4.31 Å². The van der Waals surface area contributed by atoms with Crippen molar-refractivity contribution in [2.24, 2.45) is 5.41 Å². The van der Waals surface area contributed by atoms with E-state index in [0.717, 1.165) is 0 Å². The van der Waals surface area contributed by atoms with Crippen LogP contribution in [0, 0.1) is 5.41 Å². The first-order chi connectivity index (χ1) is 16.1. The van der Waals surface area contributed by atoms with Gasteiger partial charge in [0.15, 0.2) is 11.5 Å². The van der Waals surface area contributed by atoms with Gasteiger partial charge in [0.25, 0.3) is 0 Å². The predicted molar refractivity (Wildman–Crippen MR) is 128 cm³/mol. The van der Waals surface area contributed by atoms with Crippen LogP contribution < -0.4 is 20.1 Å². The molecule has 0 radical (unpaired) electrons. The Kier molecular flexibility index (Phi) is 6.55. The minimum absolute atomic E-state index is 0.0586. The molecule has 0 saturated carbocycles. The van der Waals surface area contributed by atoms with E-state index in [1.54, 1.807) is 30.3 Å². The highest BCUT2D eigenvalue weighted by molar-refractivity contribution is 7.89. The molecule has 182 valence electrons. The Morgan fingerprint density at radius 2 is 1.65 bits per heavy atom. The average molecular weight is 488 g/mol. The summed E-state index contributed by atoms with van der Waals surface area (Å²) in [5, 5.41) is 5.62. The zero-order valence-electron chi connectivity index (χ0n) is 19.5. The highest BCUT2D eigenvalue weighted by atomic mass is 32.2. The molecule has 9 nitrogen and oxygen atoms in total. The number of amides is 2. The number of nitrogens with one attached hydrogen (secondary N) is 2. The Hall–Kier alpha value is -3.11. The van der Waals surface area contributed by atoms with Gasteiger partial charge < -0.3 is 20.1 Å². The van der Waals surface area contributed by atoms with Gasteiger partial charge in [0.05, 0.1) is 4.90 Å². The molecule has 0 spiro atoms. The number of anilines is 2. The molecule has 2 aliphatic rings. The number of benzene rings is 2. The molecule has 0 bridgehead atoms. The highest BCUT2D eigenvalue weighted by Crippen LogP contribution is 2.35. The largest absolute Gasteiger partial charge is 0.486 e. The van der Waals surface area contributed by atoms with Crippen LogP contribution >= 0.6 is 0 Å². The van der Waals surface area contributed by atoms with E-state index in [0.29, 0.717) is 48.9 Å². The third-order valence-corrected chi connectivity index (χ3v) is 7.60. The molecule has 10 heteroatoms. The van der Waals surface area contributed by atoms with E-state index in [9.17, 15) is 18.0 Å². The summed E-state index contributed by atoms with van der Waals surface area (Å²) in [4.78, 5) is 25.4. The van der Waals surface area contributed by atoms with Crippen molar-refractivity contribution in [2.45, 2.75) is 44.6 Å². The van der Waals surface area contributed by atoms with Gasteiger partial charge in [-0.05, 0) is 43.2 Å². The molecule has 2 aliphatic heterocycles. The molecule has 1 atom stereocenters. The van der Waals surface area contributed by atoms with Crippen LogP contribution in [-0.2, 0) is 19.6 Å². The lowest BCUT2D eigenvalue weighted by molar-refractivity contribution is -0.123. The smallest absolute Gasteiger partial charge is 0.243 e. The maximum atomic E-state index is 13.4. The molecule has 2 amide bonds. The van der Waals surface area contributed by atoms with Crippen LogP contribution in [-0.4, -0.2) is 50.3 Å². The summed E-state index contributed by atoms with van der Waals surface area (Å²) < 4.78 is 38.9. The van der Waals surface area contributed by atoms with E-state index < -0.39 is 27.4 Å². The monoisotopic (exact) mass is 487 g/mol. The van der Waals surface area contributed by atoms with Crippen LogP contribution in [0.2, 0.25) is 0 Å². The third-order valence-electron chi connectivity index (χ3n) is 5.70. The maximum Gasteiger partial charge on any atom is 0.243 e. The lowest BCUT2D eigenvalue weighted by Crippen LogP contribution is -2.43. The number of ether oxygens (including phenoxy) is 2. The van der Waals surface area contributed by atoms with E-state index in [1.165, 1.54) is 16.4 Å². The molecule has 1 saturated heterocycles. The number of rotatable bonds is 5. The van der Waals surface area contributed by atoms with Crippen LogP contribution in [0.25, 0.3) is 0 Å². The fraction of sp³-hybridized carbons (Fsp3) is 0.417. The minimum Gasteiger partial charge on any atom is -0.486 e. The van der Waals surface area contributed by atoms with E-state index in [2.05, 4.69) is 10.6 Å². The van der Waals surface area contributed by atoms with Crippen molar-refractivity contribution in [2.75, 3.05) is 30.4 Å². The molecule has 34 heavy (non-hydrogen) atoms. The van der Waals surface area contributed by atoms with Gasteiger partial charge in [-0.15, -0.1) is 0 Å². The average Bonchev–Trinajstić information content (AvgIpc) is 3.29. The summed E-state index contributed by atoms with van der Waals surface area (Å²) in [5.41, 5.74) is 0.455. The molecule has 0 unspecified atom stereocenters. The number of nitrogens with zero attached hydrogens (tertiary/aromatic N) is 1. The molecule has 2 N–H and O–H groups in total. The maximum absolute atomic E-state index is 13.4. The summed E-state index contributed by atoms with van der Waals surface area (Å²) in [6, 6.07) is 10.4. The molecule has 0 aliphatic carbocycles. The van der Waals surface area contributed by atoms with Crippen molar-refractivity contribution in [3.63, 3.8) is 0 Å². The summed E-state index contributed by atoms with van der Waals surface area (Å²) in [6.45, 7) is 6.44. The van der Waals surface area contributed by atoms with Crippen molar-refractivity contribution in [3.8, 4) is 11.5 Å². The number of carbonyl (C=O) groups is 2. The fourth-order valence-corrected chi connectivity index (χ4v) is 5.50. The topological polar surface area (TPSA) is 114 Å². The SMILES string of the molecule is CC(C)(C)C(=O)Nc1cccc(NC(=O)[C@@H]2CCCN2S(=O)(=O)c2ccc3c(c2)OCCO3)c1. The van der Waals surface area contributed by atoms with Gasteiger partial charge in [0, 0.05) is 29.4 Å². The molecular formula is C24H29N3O6S. The minimum atomic E-state index is -3.92. The van der Waals surface area contributed by atoms with Crippen LogP contribution in [0.3, 0.4) is 0 Å². The fourth-order valence-electron chi connectivity index (χ4n) is 3.83. The van der Waals surface area contributed by atoms with Gasteiger partial charge in [-0.3, -0.25) is 9.59 Å². The summed E-state index contributed by atoms with van der Waals surface area (Å²) >= 11 is 0. The van der Waals surface area contributed by atoms with E-state index in [1.807, 2.05) is 20.8 Å². The summed E-state index contributed by atoms with van der Waals surface area (Å²) in [6.07, 6.45) is 0.986. The molecule has 0 aromatic heterocycles. The van der Waals surface area contributed by atoms with E-state index >= 15 is 0 Å². The lowest BCUT2D eigenvalue weighted by atomic mass is 9.95. The molecule has 4 rings (SSSR count). The first kappa shape index (κ1) is 24.0. The van der Waals surface area contributed by atoms with Crippen molar-refractivity contribution in [1.29, 1.82) is 0 Å². The zero-order valence-corrected chi connectivity index (χ0v) is 20.3. The third kappa shape index (κ3) is 5.02. The first-order valence-electron chi connectivity index (χ1n) is 11.2. The number of hydrogen-bond donors (Lipinski definition) is 2. The Bertz CT molecular complexity index is 1210. The molecule has 2 aromatic carbocycles. The van der Waals surface area contributed by atoms with Gasteiger partial charge in [-0.25, -0.2) is 8.42 Å². The number of sulfonamides is 1. The van der Waals surface area contributed by atoms with Crippen LogP contribution in [0.4, 0.5) is 11.4 Å². The quantitative estimate of drug-likeness (QED) is 0.669. The van der Waals surface area contributed by atoms with Gasteiger partial charge in [0.1, 0.15) is 19.3 Å².